The summed E-state index contributed by atoms with van der Waals surface area (Å²) in [6.07, 6.45) is 3.98. The smallest absolute Gasteiger partial charge is 0.251 e. The summed E-state index contributed by atoms with van der Waals surface area (Å²) in [7, 11) is 0. The summed E-state index contributed by atoms with van der Waals surface area (Å²) in [6, 6.07) is 9.92. The topological polar surface area (TPSA) is 97.1 Å². The Kier molecular flexibility index (Phi) is 8.95. The molecule has 1 unspecified atom stereocenters. The minimum atomic E-state index is -0.627. The summed E-state index contributed by atoms with van der Waals surface area (Å²) in [5, 5.41) is 5.58. The van der Waals surface area contributed by atoms with Gasteiger partial charge in [0, 0.05) is 5.56 Å². The summed E-state index contributed by atoms with van der Waals surface area (Å²) in [4.78, 5) is 28.9. The molecule has 0 saturated carbocycles. The number of pyridine rings is 1. The number of carbonyl (C=O) groups excluding carboxylic acids is 2. The number of benzene rings is 1. The lowest BCUT2D eigenvalue weighted by molar-refractivity contribution is -0.118. The Bertz CT molecular complexity index is 740. The number of aromatic nitrogens is 1. The lowest BCUT2D eigenvalue weighted by atomic mass is 10.1. The van der Waals surface area contributed by atoms with E-state index in [1.165, 1.54) is 6.20 Å². The standard InChI is InChI=1S/C18H22N4O2S.ClH/c1-12-4-3-5-13(10-12)17(23)22-15(8-9-25-2)18(24)21-14-6-7-16(19)20-11-14;/h3-7,10-11,15H,8-9H2,1-2H3,(H2,19,20)(H,21,24)(H,22,23);1H. The molecule has 1 aromatic heterocycles. The maximum Gasteiger partial charge on any atom is 0.251 e. The normalized spacial score (nSPS) is 11.2. The fourth-order valence-electron chi connectivity index (χ4n) is 2.24. The first-order chi connectivity index (χ1) is 12.0. The lowest BCUT2D eigenvalue weighted by Gasteiger charge is -2.18. The number of nitrogen functional groups attached to an aromatic ring is 1. The molecule has 0 saturated heterocycles. The maximum absolute atomic E-state index is 12.5. The zero-order valence-electron chi connectivity index (χ0n) is 14.7. The fraction of sp³-hybridized carbons (Fsp3) is 0.278. The van der Waals surface area contributed by atoms with E-state index in [9.17, 15) is 9.59 Å². The Morgan fingerprint density at radius 2 is 2.04 bits per heavy atom. The minimum Gasteiger partial charge on any atom is -0.384 e. The molecule has 0 aliphatic rings. The van der Waals surface area contributed by atoms with E-state index in [0.29, 0.717) is 23.5 Å². The first-order valence-corrected chi connectivity index (χ1v) is 9.28. The number of amides is 2. The average Bonchev–Trinajstić information content (AvgIpc) is 2.60. The molecule has 1 atom stereocenters. The van der Waals surface area contributed by atoms with E-state index >= 15 is 0 Å². The number of aryl methyl sites for hydroxylation is 1. The first kappa shape index (κ1) is 21.8. The van der Waals surface area contributed by atoms with E-state index in [4.69, 9.17) is 5.73 Å². The van der Waals surface area contributed by atoms with Crippen molar-refractivity contribution in [3.8, 4) is 0 Å². The van der Waals surface area contributed by atoms with Crippen LogP contribution in [0.2, 0.25) is 0 Å². The van der Waals surface area contributed by atoms with Crippen molar-refractivity contribution < 1.29 is 9.59 Å². The highest BCUT2D eigenvalue weighted by Crippen LogP contribution is 2.11. The van der Waals surface area contributed by atoms with Gasteiger partial charge in [-0.2, -0.15) is 11.8 Å². The van der Waals surface area contributed by atoms with Crippen molar-refractivity contribution in [1.29, 1.82) is 0 Å². The molecule has 2 amide bonds. The summed E-state index contributed by atoms with van der Waals surface area (Å²) in [5.41, 5.74) is 7.61. The van der Waals surface area contributed by atoms with Crippen LogP contribution >= 0.6 is 24.2 Å². The SMILES string of the molecule is CSCCC(NC(=O)c1cccc(C)c1)C(=O)Nc1ccc(N)nc1.Cl. The van der Waals surface area contributed by atoms with Crippen LogP contribution in [0, 0.1) is 6.92 Å². The number of thioether (sulfide) groups is 1. The average molecular weight is 395 g/mol. The molecule has 6 nitrogen and oxygen atoms in total. The Morgan fingerprint density at radius 1 is 1.27 bits per heavy atom. The zero-order valence-corrected chi connectivity index (χ0v) is 16.3. The zero-order chi connectivity index (χ0) is 18.2. The number of rotatable bonds is 7. The van der Waals surface area contributed by atoms with Crippen LogP contribution in [0.15, 0.2) is 42.6 Å². The van der Waals surface area contributed by atoms with Crippen LogP contribution in [0.4, 0.5) is 11.5 Å². The van der Waals surface area contributed by atoms with Crippen LogP contribution in [0.1, 0.15) is 22.3 Å². The number of hydrogen-bond donors (Lipinski definition) is 3. The van der Waals surface area contributed by atoms with Gasteiger partial charge in [0.2, 0.25) is 5.91 Å². The summed E-state index contributed by atoms with van der Waals surface area (Å²) in [5.74, 6) is 0.596. The Labute approximate surface area is 163 Å². The van der Waals surface area contributed by atoms with Crippen LogP contribution in [0.3, 0.4) is 0 Å². The van der Waals surface area contributed by atoms with Crippen molar-refractivity contribution in [1.82, 2.24) is 10.3 Å². The molecule has 1 aromatic carbocycles. The summed E-state index contributed by atoms with van der Waals surface area (Å²) >= 11 is 1.62. The highest BCUT2D eigenvalue weighted by molar-refractivity contribution is 7.98. The van der Waals surface area contributed by atoms with Gasteiger partial charge in [-0.25, -0.2) is 4.98 Å². The number of nitrogens with two attached hydrogens (primary N) is 1. The molecule has 4 N–H and O–H groups in total. The Hall–Kier alpha value is -2.25. The monoisotopic (exact) mass is 394 g/mol. The van der Waals surface area contributed by atoms with Gasteiger partial charge in [-0.3, -0.25) is 9.59 Å². The number of anilines is 2. The molecule has 0 spiro atoms. The Morgan fingerprint density at radius 3 is 2.65 bits per heavy atom. The van der Waals surface area contributed by atoms with Crippen molar-refractivity contribution in [3.05, 3.63) is 53.7 Å². The Balaban J connectivity index is 0.00000338. The van der Waals surface area contributed by atoms with Crippen molar-refractivity contribution in [3.63, 3.8) is 0 Å². The predicted octanol–water partition coefficient (Wildman–Crippen LogP) is 2.88. The number of hydrogen-bond acceptors (Lipinski definition) is 5. The maximum atomic E-state index is 12.5. The van der Waals surface area contributed by atoms with Gasteiger partial charge >= 0.3 is 0 Å². The molecule has 2 rings (SSSR count). The predicted molar refractivity (Wildman–Crippen MR) is 110 cm³/mol. The number of halogens is 1. The second-order valence-corrected chi connectivity index (χ2v) is 6.62. The second kappa shape index (κ2) is 10.7. The van der Waals surface area contributed by atoms with Crippen LogP contribution in [-0.4, -0.2) is 34.8 Å². The van der Waals surface area contributed by atoms with Crippen LogP contribution < -0.4 is 16.4 Å². The number of nitrogens with zero attached hydrogens (tertiary/aromatic N) is 1. The largest absolute Gasteiger partial charge is 0.384 e. The van der Waals surface area contributed by atoms with Gasteiger partial charge in [0.05, 0.1) is 11.9 Å². The van der Waals surface area contributed by atoms with Crippen LogP contribution in [0.5, 0.6) is 0 Å². The van der Waals surface area contributed by atoms with Crippen molar-refractivity contribution in [2.45, 2.75) is 19.4 Å². The molecule has 0 aliphatic carbocycles. The summed E-state index contributed by atoms with van der Waals surface area (Å²) < 4.78 is 0. The first-order valence-electron chi connectivity index (χ1n) is 7.88. The van der Waals surface area contributed by atoms with E-state index in [-0.39, 0.29) is 24.2 Å². The van der Waals surface area contributed by atoms with E-state index < -0.39 is 6.04 Å². The van der Waals surface area contributed by atoms with Gasteiger partial charge in [-0.15, -0.1) is 12.4 Å². The quantitative estimate of drug-likeness (QED) is 0.670. The third-order valence-corrected chi connectivity index (χ3v) is 4.21. The van der Waals surface area contributed by atoms with Gasteiger partial charge in [0.25, 0.3) is 5.91 Å². The van der Waals surface area contributed by atoms with E-state index in [1.54, 1.807) is 36.0 Å². The van der Waals surface area contributed by atoms with Crippen LogP contribution in [0.25, 0.3) is 0 Å². The lowest BCUT2D eigenvalue weighted by Crippen LogP contribution is -2.44. The number of carbonyl (C=O) groups is 2. The molecular formula is C18H23ClN4O2S. The van der Waals surface area contributed by atoms with Gasteiger partial charge in [0.1, 0.15) is 11.9 Å². The molecule has 26 heavy (non-hydrogen) atoms. The molecule has 140 valence electrons. The van der Waals surface area contributed by atoms with Gasteiger partial charge in [-0.1, -0.05) is 17.7 Å². The molecule has 0 fully saturated rings. The molecule has 0 aliphatic heterocycles. The number of nitrogens with one attached hydrogen (secondary N) is 2. The molecule has 0 radical (unpaired) electrons. The van der Waals surface area contributed by atoms with E-state index in [2.05, 4.69) is 15.6 Å². The third-order valence-electron chi connectivity index (χ3n) is 3.57. The van der Waals surface area contributed by atoms with Crippen molar-refractivity contribution in [2.24, 2.45) is 0 Å². The highest BCUT2D eigenvalue weighted by Gasteiger charge is 2.21. The molecule has 1 heterocycles. The van der Waals surface area contributed by atoms with E-state index in [1.807, 2.05) is 25.3 Å². The highest BCUT2D eigenvalue weighted by atomic mass is 35.5. The minimum absolute atomic E-state index is 0. The summed E-state index contributed by atoms with van der Waals surface area (Å²) in [6.45, 7) is 1.92. The fourth-order valence-corrected chi connectivity index (χ4v) is 2.71. The van der Waals surface area contributed by atoms with E-state index in [0.717, 1.165) is 11.3 Å². The second-order valence-electron chi connectivity index (χ2n) is 5.64. The van der Waals surface area contributed by atoms with Crippen LogP contribution in [-0.2, 0) is 4.79 Å². The van der Waals surface area contributed by atoms with Crippen molar-refractivity contribution >= 4 is 47.5 Å². The molecule has 8 heteroatoms. The van der Waals surface area contributed by atoms with Gasteiger partial charge < -0.3 is 16.4 Å². The van der Waals surface area contributed by atoms with Gasteiger partial charge in [0.15, 0.2) is 0 Å². The van der Waals surface area contributed by atoms with Crippen molar-refractivity contribution in [2.75, 3.05) is 23.1 Å². The molecular weight excluding hydrogens is 372 g/mol. The molecule has 0 bridgehead atoms. The third kappa shape index (κ3) is 6.57. The molecule has 2 aromatic rings. The van der Waals surface area contributed by atoms with Gasteiger partial charge in [-0.05, 0) is 49.6 Å².